The zero-order valence-corrected chi connectivity index (χ0v) is 24.6. The summed E-state index contributed by atoms with van der Waals surface area (Å²) < 4.78 is 42.8. The third kappa shape index (κ3) is 9.01. The number of phenols is 1. The Kier molecular flexibility index (Phi) is 12.7. The van der Waals surface area contributed by atoms with Crippen molar-refractivity contribution < 1.29 is 77.2 Å². The molecule has 3 aromatic rings. The van der Waals surface area contributed by atoms with Gasteiger partial charge in [0.05, 0.1) is 43.0 Å². The van der Waals surface area contributed by atoms with Gasteiger partial charge in [0.1, 0.15) is 11.5 Å². The molecule has 0 amide bonds. The molecule has 1 atom stereocenters. The molecule has 218 valence electrons. The molecule has 0 fully saturated rings. The minimum Gasteiger partial charge on any atom is -0.545 e. The second-order valence-corrected chi connectivity index (χ2v) is 8.60. The summed E-state index contributed by atoms with van der Waals surface area (Å²) >= 11 is 5.71. The van der Waals surface area contributed by atoms with Crippen LogP contribution in [0.4, 0.5) is 30.2 Å². The van der Waals surface area contributed by atoms with Gasteiger partial charge in [-0.1, -0.05) is 25.4 Å². The van der Waals surface area contributed by atoms with Crippen molar-refractivity contribution in [1.82, 2.24) is 0 Å². The first-order chi connectivity index (χ1) is 19.0. The zero-order valence-electron chi connectivity index (χ0n) is 21.9. The summed E-state index contributed by atoms with van der Waals surface area (Å²) in [5.41, 5.74) is -3.21. The van der Waals surface area contributed by atoms with E-state index < -0.39 is 55.2 Å². The van der Waals surface area contributed by atoms with Crippen molar-refractivity contribution in [3.05, 3.63) is 101 Å². The molecule has 1 unspecified atom stereocenters. The van der Waals surface area contributed by atoms with Crippen molar-refractivity contribution in [2.75, 3.05) is 0 Å². The van der Waals surface area contributed by atoms with Crippen LogP contribution >= 0.6 is 11.6 Å². The Morgan fingerprint density at radius 2 is 1.57 bits per heavy atom. The molecular formula is C24H18ClF3N3NaO10. The van der Waals surface area contributed by atoms with E-state index in [4.69, 9.17) is 16.3 Å². The zero-order chi connectivity index (χ0) is 31.2. The normalized spacial score (nSPS) is 11.3. The summed E-state index contributed by atoms with van der Waals surface area (Å²) in [5.74, 6) is -2.82. The van der Waals surface area contributed by atoms with E-state index in [2.05, 4.69) is 0 Å². The van der Waals surface area contributed by atoms with Gasteiger partial charge in [0.2, 0.25) is 0 Å². The number of carbonyl (C=O) groups excluding carboxylic acids is 1. The number of alkyl halides is 3. The summed E-state index contributed by atoms with van der Waals surface area (Å²) in [6.45, 7) is 3.57. The Morgan fingerprint density at radius 1 is 0.976 bits per heavy atom. The summed E-state index contributed by atoms with van der Waals surface area (Å²) in [6, 6.07) is 7.04. The molecule has 42 heavy (non-hydrogen) atoms. The van der Waals surface area contributed by atoms with Crippen LogP contribution in [0.2, 0.25) is 5.02 Å². The second kappa shape index (κ2) is 14.8. The monoisotopic (exact) mass is 623 g/mol. The van der Waals surface area contributed by atoms with Crippen LogP contribution in [0.3, 0.4) is 0 Å². The van der Waals surface area contributed by atoms with Crippen LogP contribution in [0.1, 0.15) is 47.7 Å². The standard InChI is InChI=1S/C14H7ClF3NO5.C10H12N2O5.Na/c15-10-5-7(14(16,17)18)1-4-12(10)24-8-2-3-11(19(22)23)9(6-8)13(20)21;1-3-6(2)8-4-7(11(14)15)5-9(10(8)13)12(16)17;/h1-6H,(H,20,21);4-6,13H,3H2,1-2H3;/q;;+1/p-1. The quantitative estimate of drug-likeness (QED) is 0.221. The fourth-order valence-electron chi connectivity index (χ4n) is 3.25. The summed E-state index contributed by atoms with van der Waals surface area (Å²) in [5, 5.41) is 52.3. The number of halogens is 4. The third-order valence-electron chi connectivity index (χ3n) is 5.53. The van der Waals surface area contributed by atoms with Gasteiger partial charge in [-0.25, -0.2) is 0 Å². The van der Waals surface area contributed by atoms with Gasteiger partial charge in [0, 0.05) is 17.7 Å². The van der Waals surface area contributed by atoms with Gasteiger partial charge < -0.3 is 19.7 Å². The number of nitro benzene ring substituents is 3. The van der Waals surface area contributed by atoms with Crippen LogP contribution < -0.4 is 39.4 Å². The van der Waals surface area contributed by atoms with Gasteiger partial charge in [0.25, 0.3) is 11.4 Å². The van der Waals surface area contributed by atoms with E-state index in [0.29, 0.717) is 12.5 Å². The van der Waals surface area contributed by atoms with Crippen LogP contribution in [0, 0.1) is 30.3 Å². The molecule has 0 spiro atoms. The van der Waals surface area contributed by atoms with Crippen LogP contribution in [-0.2, 0) is 6.18 Å². The molecule has 0 aliphatic carbocycles. The number of aromatic carboxylic acids is 1. The third-order valence-corrected chi connectivity index (χ3v) is 5.82. The number of benzene rings is 3. The maximum atomic E-state index is 12.6. The SMILES string of the molecule is CCC(C)c1cc([N+](=O)[O-])cc([N+](=O)[O-])c1O.O=C([O-])c1cc(Oc2ccc(C(F)(F)F)cc2Cl)ccc1[N+](=O)[O-].[Na+]. The van der Waals surface area contributed by atoms with E-state index >= 15 is 0 Å². The number of hydrogen-bond acceptors (Lipinski definition) is 10. The van der Waals surface area contributed by atoms with Crippen molar-refractivity contribution in [1.29, 1.82) is 0 Å². The predicted molar refractivity (Wildman–Crippen MR) is 134 cm³/mol. The van der Waals surface area contributed by atoms with Crippen molar-refractivity contribution in [2.24, 2.45) is 0 Å². The average Bonchev–Trinajstić information content (AvgIpc) is 2.88. The Balaban J connectivity index is 0.000000434. The maximum Gasteiger partial charge on any atom is 1.00 e. The number of non-ortho nitro benzene ring substituents is 1. The van der Waals surface area contributed by atoms with Gasteiger partial charge in [-0.05, 0) is 42.7 Å². The van der Waals surface area contributed by atoms with E-state index in [1.54, 1.807) is 6.92 Å². The van der Waals surface area contributed by atoms with Gasteiger partial charge >= 0.3 is 41.4 Å². The second-order valence-electron chi connectivity index (χ2n) is 8.19. The number of aromatic hydroxyl groups is 1. The maximum absolute atomic E-state index is 12.6. The van der Waals surface area contributed by atoms with Crippen LogP contribution in [0.5, 0.6) is 17.2 Å². The number of carbonyl (C=O) groups is 1. The molecule has 18 heteroatoms. The van der Waals surface area contributed by atoms with E-state index in [9.17, 15) is 58.5 Å². The average molecular weight is 624 g/mol. The summed E-state index contributed by atoms with van der Waals surface area (Å²) in [7, 11) is 0. The number of rotatable bonds is 8. The number of phenolic OH excluding ortho intramolecular Hbond substituents is 1. The van der Waals surface area contributed by atoms with E-state index in [1.165, 1.54) is 6.07 Å². The topological polar surface area (TPSA) is 199 Å². The van der Waals surface area contributed by atoms with Crippen LogP contribution in [-0.4, -0.2) is 25.8 Å². The van der Waals surface area contributed by atoms with Crippen molar-refractivity contribution in [3.8, 4) is 17.2 Å². The molecule has 1 N–H and O–H groups in total. The molecule has 3 aromatic carbocycles. The Labute approximate surface area is 261 Å². The smallest absolute Gasteiger partial charge is 0.545 e. The molecule has 0 aliphatic heterocycles. The number of nitro groups is 3. The van der Waals surface area contributed by atoms with Gasteiger partial charge in [0.15, 0.2) is 5.75 Å². The Bertz CT molecular complexity index is 1520. The fourth-order valence-corrected chi connectivity index (χ4v) is 3.47. The molecule has 0 saturated carbocycles. The van der Waals surface area contributed by atoms with E-state index in [0.717, 1.165) is 36.4 Å². The minimum atomic E-state index is -4.59. The molecular weight excluding hydrogens is 606 g/mol. The number of nitrogens with zero attached hydrogens (tertiary/aromatic N) is 3. The van der Waals surface area contributed by atoms with Crippen LogP contribution in [0.15, 0.2) is 48.5 Å². The minimum absolute atomic E-state index is 0. The predicted octanol–water partition coefficient (Wildman–Crippen LogP) is 3.15. The van der Waals surface area contributed by atoms with Gasteiger partial charge in [-0.3, -0.25) is 30.3 Å². The van der Waals surface area contributed by atoms with Crippen molar-refractivity contribution >= 4 is 34.6 Å². The van der Waals surface area contributed by atoms with Gasteiger partial charge in [-0.2, -0.15) is 13.2 Å². The molecule has 0 aliphatic rings. The molecule has 0 heterocycles. The Hall–Kier alpha value is -3.99. The molecule has 0 bridgehead atoms. The number of carboxylic acid groups (broad SMARTS) is 1. The first-order valence-electron chi connectivity index (χ1n) is 11.2. The molecule has 0 aromatic heterocycles. The fraction of sp³-hybridized carbons (Fsp3) is 0.208. The first-order valence-corrected chi connectivity index (χ1v) is 11.6. The number of ether oxygens (including phenoxy) is 1. The Morgan fingerprint density at radius 3 is 2.02 bits per heavy atom. The van der Waals surface area contributed by atoms with Crippen LogP contribution in [0.25, 0.3) is 0 Å². The molecule has 13 nitrogen and oxygen atoms in total. The van der Waals surface area contributed by atoms with Crippen molar-refractivity contribution in [3.63, 3.8) is 0 Å². The first kappa shape index (κ1) is 36.0. The van der Waals surface area contributed by atoms with E-state index in [-0.39, 0.29) is 63.2 Å². The van der Waals surface area contributed by atoms with Crippen molar-refractivity contribution in [2.45, 2.75) is 32.4 Å². The van der Waals surface area contributed by atoms with E-state index in [1.807, 2.05) is 6.92 Å². The molecule has 0 saturated heterocycles. The summed E-state index contributed by atoms with van der Waals surface area (Å²) in [6.07, 6.45) is -3.97. The summed E-state index contributed by atoms with van der Waals surface area (Å²) in [4.78, 5) is 40.5. The largest absolute Gasteiger partial charge is 1.00 e. The van der Waals surface area contributed by atoms with Gasteiger partial charge in [-0.15, -0.1) is 0 Å². The number of carboxylic acids is 1. The number of hydrogen-bond donors (Lipinski definition) is 1. The molecule has 3 rings (SSSR count). The molecule has 0 radical (unpaired) electrons.